The van der Waals surface area contributed by atoms with E-state index in [1.807, 2.05) is 6.92 Å². The number of nitrogens with zero attached hydrogens (tertiary/aromatic N) is 1. The molecule has 0 aromatic carbocycles. The maximum absolute atomic E-state index is 11.7. The first-order valence-electron chi connectivity index (χ1n) is 7.95. The second-order valence-corrected chi connectivity index (χ2v) is 6.13. The number of ether oxygens (including phenoxy) is 1. The molecule has 0 aliphatic heterocycles. The number of amides is 1. The highest BCUT2D eigenvalue weighted by molar-refractivity contribution is 5.89. The van der Waals surface area contributed by atoms with Gasteiger partial charge in [0.25, 0.3) is 0 Å². The number of esters is 1. The molecule has 0 unspecified atom stereocenters. The fraction of sp³-hybridized carbons (Fsp3) is 0.588. The van der Waals surface area contributed by atoms with E-state index in [-0.39, 0.29) is 28.5 Å². The lowest BCUT2D eigenvalue weighted by atomic mass is 10.1. The van der Waals surface area contributed by atoms with Crippen LogP contribution in [0.5, 0.6) is 0 Å². The van der Waals surface area contributed by atoms with Gasteiger partial charge in [0.05, 0.1) is 27.2 Å². The highest BCUT2D eigenvalue weighted by Crippen LogP contribution is 2.13. The fourth-order valence-electron chi connectivity index (χ4n) is 1.80. The molecular weight excluding hydrogens is 314 g/mol. The van der Waals surface area contributed by atoms with Gasteiger partial charge in [-0.3, -0.25) is 0 Å². The molecule has 24 heavy (non-hydrogen) atoms. The zero-order valence-electron chi connectivity index (χ0n) is 14.7. The molecule has 0 fully saturated rings. The Kier molecular flexibility index (Phi) is 9.64. The molecule has 0 bridgehead atoms. The number of hydrogen-bond donors (Lipinski definition) is 2. The number of rotatable bonds is 11. The normalized spacial score (nSPS) is 11.9. The van der Waals surface area contributed by atoms with Gasteiger partial charge >= 0.3 is 18.0 Å². The average Bonchev–Trinajstić information content (AvgIpc) is 2.49. The summed E-state index contributed by atoms with van der Waals surface area (Å²) in [5, 5.41) is 18.2. The first kappa shape index (κ1) is 21.9. The van der Waals surface area contributed by atoms with Crippen molar-refractivity contribution in [2.75, 3.05) is 27.2 Å². The Labute approximate surface area is 142 Å². The van der Waals surface area contributed by atoms with Crippen LogP contribution in [-0.4, -0.2) is 60.0 Å². The van der Waals surface area contributed by atoms with Crippen LogP contribution in [-0.2, 0) is 14.3 Å². The smallest absolute Gasteiger partial charge is 0.478 e. The van der Waals surface area contributed by atoms with E-state index in [0.717, 1.165) is 12.8 Å². The van der Waals surface area contributed by atoms with Crippen molar-refractivity contribution >= 4 is 18.0 Å². The second-order valence-electron chi connectivity index (χ2n) is 6.13. The Bertz CT molecular complexity index is 507. The maximum Gasteiger partial charge on any atom is 0.513 e. The zero-order chi connectivity index (χ0) is 18.8. The number of allylic oxidation sites excluding steroid dienone is 1. The Morgan fingerprint density at radius 1 is 1.17 bits per heavy atom. The molecule has 0 aliphatic rings. The molecule has 0 saturated heterocycles. The van der Waals surface area contributed by atoms with Crippen molar-refractivity contribution in [2.45, 2.75) is 39.0 Å². The van der Waals surface area contributed by atoms with Gasteiger partial charge in [-0.1, -0.05) is 26.0 Å². The summed E-state index contributed by atoms with van der Waals surface area (Å²) in [4.78, 5) is 33.9. The summed E-state index contributed by atoms with van der Waals surface area (Å²) in [5.41, 5.74) is 0.342. The van der Waals surface area contributed by atoms with E-state index in [1.165, 1.54) is 6.08 Å². The van der Waals surface area contributed by atoms with Crippen LogP contribution in [0.2, 0.25) is 0 Å². The van der Waals surface area contributed by atoms with Crippen LogP contribution in [0.3, 0.4) is 0 Å². The molecule has 0 aromatic rings. The van der Waals surface area contributed by atoms with Crippen LogP contribution in [0, 0.1) is 0 Å². The predicted molar refractivity (Wildman–Crippen MR) is 89.6 cm³/mol. The van der Waals surface area contributed by atoms with Gasteiger partial charge in [0.15, 0.2) is 0 Å². The van der Waals surface area contributed by atoms with Gasteiger partial charge in [-0.2, -0.15) is 4.79 Å². The van der Waals surface area contributed by atoms with Gasteiger partial charge in [-0.05, 0) is 19.3 Å². The number of quaternary nitrogens is 1. The lowest BCUT2D eigenvalue weighted by Gasteiger charge is -2.22. The molecule has 0 rings (SSSR count). The van der Waals surface area contributed by atoms with Gasteiger partial charge < -0.3 is 14.9 Å². The van der Waals surface area contributed by atoms with Crippen LogP contribution >= 0.6 is 0 Å². The van der Waals surface area contributed by atoms with E-state index in [9.17, 15) is 19.5 Å². The molecule has 0 atom stereocenters. The van der Waals surface area contributed by atoms with E-state index >= 15 is 0 Å². The van der Waals surface area contributed by atoms with Gasteiger partial charge in [0, 0.05) is 17.6 Å². The van der Waals surface area contributed by atoms with Crippen molar-refractivity contribution < 1.29 is 33.8 Å². The van der Waals surface area contributed by atoms with Gasteiger partial charge in [-0.15, -0.1) is 0 Å². The monoisotopic (exact) mass is 342 g/mol. The second kappa shape index (κ2) is 10.6. The number of unbranched alkanes of at least 4 members (excludes halogenated alkanes) is 1. The standard InChI is InChI=1S/C17H27NO6/c1-5-6-12-24-16(21)13(2)9-10-14(15(19)20)8-7-11-18(3,4)17(22)23/h10H,2,5-9,11-12H2,1,3-4H3,(H-,19,20,22,23)/p+1. The third-order valence-electron chi connectivity index (χ3n) is 3.57. The molecule has 0 aliphatic carbocycles. The molecule has 0 heterocycles. The molecule has 7 heteroatoms. The summed E-state index contributed by atoms with van der Waals surface area (Å²) >= 11 is 0. The SMILES string of the molecule is C=C(CC=C(CCC[N+](C)(C)C(=O)O)C(=O)O)C(=O)OCCCC. The molecule has 136 valence electrons. The number of carbonyl (C=O) groups is 3. The minimum absolute atomic E-state index is 0.101. The maximum atomic E-state index is 11.7. The zero-order valence-corrected chi connectivity index (χ0v) is 14.7. The molecule has 2 N–H and O–H groups in total. The molecule has 7 nitrogen and oxygen atoms in total. The molecule has 0 saturated carbocycles. The van der Waals surface area contributed by atoms with Gasteiger partial charge in [0.1, 0.15) is 0 Å². The van der Waals surface area contributed by atoms with E-state index < -0.39 is 18.0 Å². The topological polar surface area (TPSA) is 101 Å². The van der Waals surface area contributed by atoms with E-state index in [2.05, 4.69) is 6.58 Å². The molecule has 0 aromatic heterocycles. The highest BCUT2D eigenvalue weighted by atomic mass is 16.5. The van der Waals surface area contributed by atoms with E-state index in [1.54, 1.807) is 14.1 Å². The van der Waals surface area contributed by atoms with Crippen molar-refractivity contribution in [3.8, 4) is 0 Å². The average molecular weight is 342 g/mol. The van der Waals surface area contributed by atoms with Gasteiger partial charge in [0.2, 0.25) is 0 Å². The minimum atomic E-state index is -1.08. The first-order chi connectivity index (χ1) is 11.1. The molecular formula is C17H28NO6+. The molecule has 0 radical (unpaired) electrons. The van der Waals surface area contributed by atoms with Crippen LogP contribution in [0.1, 0.15) is 39.0 Å². The third kappa shape index (κ3) is 8.47. The Morgan fingerprint density at radius 3 is 2.29 bits per heavy atom. The number of carbonyl (C=O) groups excluding carboxylic acids is 1. The Morgan fingerprint density at radius 2 is 1.79 bits per heavy atom. The van der Waals surface area contributed by atoms with E-state index in [0.29, 0.717) is 19.6 Å². The number of carboxylic acids is 1. The fourth-order valence-corrected chi connectivity index (χ4v) is 1.80. The lowest BCUT2D eigenvalue weighted by Crippen LogP contribution is -2.45. The predicted octanol–water partition coefficient (Wildman–Crippen LogP) is 2.82. The number of hydrogen-bond acceptors (Lipinski definition) is 4. The van der Waals surface area contributed by atoms with Crippen molar-refractivity contribution in [1.82, 2.24) is 0 Å². The van der Waals surface area contributed by atoms with Crippen molar-refractivity contribution in [1.29, 1.82) is 0 Å². The largest absolute Gasteiger partial charge is 0.513 e. The highest BCUT2D eigenvalue weighted by Gasteiger charge is 2.25. The lowest BCUT2D eigenvalue weighted by molar-refractivity contribution is -0.816. The van der Waals surface area contributed by atoms with Crippen molar-refractivity contribution in [3.05, 3.63) is 23.8 Å². The third-order valence-corrected chi connectivity index (χ3v) is 3.57. The summed E-state index contributed by atoms with van der Waals surface area (Å²) < 4.78 is 4.77. The molecule has 1 amide bonds. The summed E-state index contributed by atoms with van der Waals surface area (Å²) in [6.07, 6.45) is 2.88. The number of carboxylic acid groups (broad SMARTS) is 2. The summed E-state index contributed by atoms with van der Waals surface area (Å²) in [6, 6.07) is 0. The van der Waals surface area contributed by atoms with Crippen LogP contribution in [0.25, 0.3) is 0 Å². The summed E-state index contributed by atoms with van der Waals surface area (Å²) in [6.45, 7) is 6.23. The first-order valence-corrected chi connectivity index (χ1v) is 7.95. The number of aliphatic carboxylic acids is 1. The van der Waals surface area contributed by atoms with Crippen LogP contribution < -0.4 is 0 Å². The van der Waals surface area contributed by atoms with Crippen molar-refractivity contribution in [2.24, 2.45) is 0 Å². The van der Waals surface area contributed by atoms with Crippen LogP contribution in [0.15, 0.2) is 23.8 Å². The summed E-state index contributed by atoms with van der Waals surface area (Å²) in [7, 11) is 3.08. The summed E-state index contributed by atoms with van der Waals surface area (Å²) in [5.74, 6) is -1.60. The van der Waals surface area contributed by atoms with Crippen LogP contribution in [0.4, 0.5) is 4.79 Å². The van der Waals surface area contributed by atoms with Gasteiger partial charge in [-0.25, -0.2) is 14.1 Å². The quantitative estimate of drug-likeness (QED) is 0.259. The minimum Gasteiger partial charge on any atom is -0.478 e. The van der Waals surface area contributed by atoms with Crippen molar-refractivity contribution in [3.63, 3.8) is 0 Å². The van der Waals surface area contributed by atoms with E-state index in [4.69, 9.17) is 9.84 Å². The Balaban J connectivity index is 4.53. The molecule has 0 spiro atoms. The Hall–Kier alpha value is -2.15.